The number of hydrogen-bond donors (Lipinski definition) is 4. The molecule has 0 aromatic heterocycles. The Balaban J connectivity index is 3.02. The summed E-state index contributed by atoms with van der Waals surface area (Å²) in [5.41, 5.74) is 0. The first kappa shape index (κ1) is 11.6. The van der Waals surface area contributed by atoms with Crippen LogP contribution in [0.2, 0.25) is 13.1 Å². The molecule has 4 N–H and O–H groups in total. The Morgan fingerprint density at radius 3 is 1.07 bits per heavy atom. The predicted octanol–water partition coefficient (Wildman–Crippen LogP) is -1.79. The van der Waals surface area contributed by atoms with Crippen LogP contribution in [0.5, 0.6) is 0 Å². The molecule has 0 spiro atoms. The van der Waals surface area contributed by atoms with Crippen molar-refractivity contribution >= 4 is 27.5 Å². The highest BCUT2D eigenvalue weighted by atomic mass is 28.4. The van der Waals surface area contributed by atoms with Crippen molar-refractivity contribution in [1.82, 2.24) is 0 Å². The van der Waals surface area contributed by atoms with Crippen molar-refractivity contribution in [3.05, 3.63) is 24.3 Å². The van der Waals surface area contributed by atoms with Crippen LogP contribution in [0.3, 0.4) is 0 Å². The van der Waals surface area contributed by atoms with Gasteiger partial charge < -0.3 is 19.2 Å². The maximum Gasteiger partial charge on any atom is 0.363 e. The van der Waals surface area contributed by atoms with Crippen molar-refractivity contribution in [2.75, 3.05) is 0 Å². The summed E-state index contributed by atoms with van der Waals surface area (Å²) in [6.45, 7) is 2.77. The second kappa shape index (κ2) is 3.57. The molecular formula is C8H14O4Si2. The minimum absolute atomic E-state index is 0.458. The fraction of sp³-hybridized carbons (Fsp3) is 0.250. The molecule has 0 saturated carbocycles. The van der Waals surface area contributed by atoms with E-state index in [0.717, 1.165) is 0 Å². The average molecular weight is 230 g/mol. The Morgan fingerprint density at radius 1 is 0.714 bits per heavy atom. The quantitative estimate of drug-likeness (QED) is 0.453. The molecule has 0 radical (unpaired) electrons. The predicted molar refractivity (Wildman–Crippen MR) is 57.8 cm³/mol. The lowest BCUT2D eigenvalue weighted by Gasteiger charge is -2.15. The van der Waals surface area contributed by atoms with Crippen LogP contribution in [0.1, 0.15) is 0 Å². The standard InChI is InChI=1S/C8H14O4Si2/c1-13(9,10)7-3-5-8(6-4-7)14(2,11)12/h3-6,9-12H,1-2H3. The van der Waals surface area contributed by atoms with Gasteiger partial charge in [0.25, 0.3) is 0 Å². The van der Waals surface area contributed by atoms with Crippen LogP contribution in [0.15, 0.2) is 24.3 Å². The van der Waals surface area contributed by atoms with Crippen molar-refractivity contribution in [2.45, 2.75) is 13.1 Å². The zero-order valence-corrected chi connectivity index (χ0v) is 10.1. The molecule has 0 aliphatic carbocycles. The summed E-state index contributed by atoms with van der Waals surface area (Å²) in [6.07, 6.45) is 0. The minimum Gasteiger partial charge on any atom is -0.408 e. The Kier molecular flexibility index (Phi) is 2.95. The SMILES string of the molecule is C[Si](O)(O)c1ccc([Si](C)(O)O)cc1. The largest absolute Gasteiger partial charge is 0.408 e. The maximum absolute atomic E-state index is 9.36. The van der Waals surface area contributed by atoms with E-state index < -0.39 is 17.1 Å². The molecule has 78 valence electrons. The molecule has 0 bridgehead atoms. The second-order valence-electron chi connectivity index (χ2n) is 3.62. The molecule has 4 nitrogen and oxygen atoms in total. The first-order valence-electron chi connectivity index (χ1n) is 4.22. The van der Waals surface area contributed by atoms with E-state index in [4.69, 9.17) is 0 Å². The van der Waals surface area contributed by atoms with Gasteiger partial charge in [0.2, 0.25) is 0 Å². The Labute approximate surface area is 84.6 Å². The topological polar surface area (TPSA) is 80.9 Å². The van der Waals surface area contributed by atoms with Crippen LogP contribution >= 0.6 is 0 Å². The molecule has 1 aromatic carbocycles. The molecule has 1 rings (SSSR count). The molecule has 0 heterocycles. The summed E-state index contributed by atoms with van der Waals surface area (Å²) in [4.78, 5) is 37.5. The van der Waals surface area contributed by atoms with Gasteiger partial charge in [-0.15, -0.1) is 0 Å². The molecule has 1 aromatic rings. The first-order valence-corrected chi connectivity index (χ1v) is 9.00. The van der Waals surface area contributed by atoms with Gasteiger partial charge in [-0.3, -0.25) is 0 Å². The van der Waals surface area contributed by atoms with Crippen LogP contribution in [0.4, 0.5) is 0 Å². The monoisotopic (exact) mass is 230 g/mol. The van der Waals surface area contributed by atoms with Gasteiger partial charge in [0.15, 0.2) is 0 Å². The molecule has 6 heteroatoms. The van der Waals surface area contributed by atoms with E-state index in [2.05, 4.69) is 0 Å². The molecule has 14 heavy (non-hydrogen) atoms. The number of hydrogen-bond acceptors (Lipinski definition) is 4. The molecule has 0 aliphatic rings. The van der Waals surface area contributed by atoms with Crippen molar-refractivity contribution in [3.63, 3.8) is 0 Å². The van der Waals surface area contributed by atoms with E-state index >= 15 is 0 Å². The highest BCUT2D eigenvalue weighted by Gasteiger charge is 2.28. The Hall–Kier alpha value is -0.506. The highest BCUT2D eigenvalue weighted by Crippen LogP contribution is 1.97. The number of rotatable bonds is 2. The Bertz CT molecular complexity index is 277. The van der Waals surface area contributed by atoms with Gasteiger partial charge in [-0.1, -0.05) is 24.3 Å². The first-order chi connectivity index (χ1) is 6.21. The fourth-order valence-corrected chi connectivity index (χ4v) is 2.70. The highest BCUT2D eigenvalue weighted by molar-refractivity contribution is 6.79. The smallest absolute Gasteiger partial charge is 0.363 e. The zero-order valence-electron chi connectivity index (χ0n) is 8.10. The lowest BCUT2D eigenvalue weighted by Crippen LogP contribution is -2.48. The van der Waals surface area contributed by atoms with E-state index in [9.17, 15) is 19.2 Å². The zero-order chi connectivity index (χ0) is 11.0. The van der Waals surface area contributed by atoms with Crippen molar-refractivity contribution in [3.8, 4) is 0 Å². The molecule has 0 amide bonds. The molecule has 0 aliphatic heterocycles. The van der Waals surface area contributed by atoms with Crippen LogP contribution in [-0.2, 0) is 0 Å². The Morgan fingerprint density at radius 2 is 0.929 bits per heavy atom. The van der Waals surface area contributed by atoms with Crippen LogP contribution < -0.4 is 10.4 Å². The second-order valence-corrected chi connectivity index (χ2v) is 8.86. The summed E-state index contributed by atoms with van der Waals surface area (Å²) in [6, 6.07) is 6.11. The van der Waals surface area contributed by atoms with Crippen molar-refractivity contribution in [2.24, 2.45) is 0 Å². The van der Waals surface area contributed by atoms with Crippen molar-refractivity contribution in [1.29, 1.82) is 0 Å². The van der Waals surface area contributed by atoms with Crippen LogP contribution in [0, 0.1) is 0 Å². The number of benzene rings is 1. The fourth-order valence-electron chi connectivity index (χ4n) is 1.10. The average Bonchev–Trinajstić information content (AvgIpc) is 2.01. The van der Waals surface area contributed by atoms with Gasteiger partial charge in [0.1, 0.15) is 0 Å². The molecular weight excluding hydrogens is 216 g/mol. The lowest BCUT2D eigenvalue weighted by atomic mass is 10.4. The lowest BCUT2D eigenvalue weighted by molar-refractivity contribution is 0.389. The van der Waals surface area contributed by atoms with Gasteiger partial charge in [0, 0.05) is 0 Å². The summed E-state index contributed by atoms with van der Waals surface area (Å²) in [5.74, 6) is 0. The molecule has 0 atom stereocenters. The van der Waals surface area contributed by atoms with E-state index in [1.165, 1.54) is 37.4 Å². The summed E-state index contributed by atoms with van der Waals surface area (Å²) in [5, 5.41) is 0.916. The van der Waals surface area contributed by atoms with E-state index in [-0.39, 0.29) is 0 Å². The van der Waals surface area contributed by atoms with E-state index in [1.807, 2.05) is 0 Å². The minimum atomic E-state index is -3.26. The van der Waals surface area contributed by atoms with Gasteiger partial charge in [-0.25, -0.2) is 0 Å². The van der Waals surface area contributed by atoms with Gasteiger partial charge in [-0.2, -0.15) is 0 Å². The molecule has 0 fully saturated rings. The van der Waals surface area contributed by atoms with Gasteiger partial charge in [-0.05, 0) is 23.5 Å². The van der Waals surface area contributed by atoms with E-state index in [0.29, 0.717) is 10.4 Å². The molecule has 0 unspecified atom stereocenters. The summed E-state index contributed by atoms with van der Waals surface area (Å²) >= 11 is 0. The van der Waals surface area contributed by atoms with Crippen LogP contribution in [0.25, 0.3) is 0 Å². The van der Waals surface area contributed by atoms with Gasteiger partial charge in [0.05, 0.1) is 0 Å². The van der Waals surface area contributed by atoms with Crippen LogP contribution in [-0.4, -0.2) is 36.3 Å². The van der Waals surface area contributed by atoms with E-state index in [1.54, 1.807) is 0 Å². The third-order valence-corrected chi connectivity index (χ3v) is 4.83. The third kappa shape index (κ3) is 2.74. The molecule has 0 saturated heterocycles. The summed E-state index contributed by atoms with van der Waals surface area (Å²) in [7, 11) is -6.53. The summed E-state index contributed by atoms with van der Waals surface area (Å²) < 4.78 is 0. The van der Waals surface area contributed by atoms with Crippen molar-refractivity contribution < 1.29 is 19.2 Å². The normalized spacial score (nSPS) is 13.0. The third-order valence-electron chi connectivity index (χ3n) is 1.98. The maximum atomic E-state index is 9.36. The van der Waals surface area contributed by atoms with Gasteiger partial charge >= 0.3 is 17.1 Å².